The number of hydrazone groups is 1. The van der Waals surface area contributed by atoms with Gasteiger partial charge in [-0.05, 0) is 42.0 Å². The number of amides is 1. The predicted octanol–water partition coefficient (Wildman–Crippen LogP) is 1.33. The van der Waals surface area contributed by atoms with Crippen molar-refractivity contribution in [3.63, 3.8) is 0 Å². The van der Waals surface area contributed by atoms with Gasteiger partial charge in [0.05, 0.1) is 19.3 Å². The second kappa shape index (κ2) is 8.05. The molecule has 0 aliphatic carbocycles. The molecule has 1 N–H and O–H groups in total. The summed E-state index contributed by atoms with van der Waals surface area (Å²) in [5.74, 6) is -0.768. The second-order valence-electron chi connectivity index (χ2n) is 5.42. The molecule has 0 radical (unpaired) electrons. The van der Waals surface area contributed by atoms with Crippen molar-refractivity contribution in [1.82, 2.24) is 5.43 Å². The molecule has 8 heteroatoms. The van der Waals surface area contributed by atoms with Crippen molar-refractivity contribution < 1.29 is 28.6 Å². The van der Waals surface area contributed by atoms with Crippen LogP contribution in [0.25, 0.3) is 11.0 Å². The Labute approximate surface area is 154 Å². The van der Waals surface area contributed by atoms with Crippen molar-refractivity contribution in [2.45, 2.75) is 0 Å². The number of aliphatic carboxylic acids is 1. The van der Waals surface area contributed by atoms with Crippen molar-refractivity contribution in [3.05, 3.63) is 59.9 Å². The van der Waals surface area contributed by atoms with Crippen LogP contribution in [0.15, 0.2) is 58.0 Å². The third kappa shape index (κ3) is 4.43. The van der Waals surface area contributed by atoms with E-state index in [2.05, 4.69) is 10.5 Å². The van der Waals surface area contributed by atoms with Crippen LogP contribution in [-0.2, 0) is 4.79 Å². The van der Waals surface area contributed by atoms with Gasteiger partial charge >= 0.3 is 5.91 Å². The molecule has 0 spiro atoms. The number of methoxy groups -OCH3 is 1. The first kappa shape index (κ1) is 18.0. The lowest BCUT2D eigenvalue weighted by Gasteiger charge is -2.06. The Morgan fingerprint density at radius 2 is 2.00 bits per heavy atom. The normalized spacial score (nSPS) is 10.9. The Hall–Kier alpha value is -3.81. The molecule has 0 fully saturated rings. The molecule has 1 heterocycles. The highest BCUT2D eigenvalue weighted by Gasteiger charge is 2.14. The Kier molecular flexibility index (Phi) is 5.36. The molecule has 1 aromatic heterocycles. The molecule has 1 amide bonds. The van der Waals surface area contributed by atoms with Crippen LogP contribution in [0, 0.1) is 0 Å². The average molecular weight is 367 g/mol. The van der Waals surface area contributed by atoms with Crippen LogP contribution in [0.2, 0.25) is 0 Å². The van der Waals surface area contributed by atoms with E-state index in [0.29, 0.717) is 22.6 Å². The number of benzene rings is 2. The van der Waals surface area contributed by atoms with Gasteiger partial charge in [-0.25, -0.2) is 5.43 Å². The zero-order valence-corrected chi connectivity index (χ0v) is 14.3. The van der Waals surface area contributed by atoms with Gasteiger partial charge in [-0.2, -0.15) is 5.10 Å². The fraction of sp³-hybridized carbons (Fsp3) is 0.105. The maximum absolute atomic E-state index is 12.2. The molecule has 0 saturated carbocycles. The Bertz CT molecular complexity index is 991. The van der Waals surface area contributed by atoms with Gasteiger partial charge in [0.25, 0.3) is 0 Å². The summed E-state index contributed by atoms with van der Waals surface area (Å²) in [7, 11) is 1.52. The lowest BCUT2D eigenvalue weighted by atomic mass is 10.2. The summed E-state index contributed by atoms with van der Waals surface area (Å²) in [4.78, 5) is 22.5. The maximum Gasteiger partial charge on any atom is 0.307 e. The monoisotopic (exact) mass is 367 g/mol. The van der Waals surface area contributed by atoms with E-state index >= 15 is 0 Å². The molecule has 3 rings (SSSR count). The van der Waals surface area contributed by atoms with Crippen LogP contribution in [0.3, 0.4) is 0 Å². The van der Waals surface area contributed by atoms with Crippen LogP contribution < -0.4 is 20.0 Å². The largest absolute Gasteiger partial charge is 0.546 e. The first-order valence-corrected chi connectivity index (χ1v) is 7.89. The highest BCUT2D eigenvalue weighted by molar-refractivity contribution is 5.97. The Morgan fingerprint density at radius 1 is 1.22 bits per heavy atom. The summed E-state index contributed by atoms with van der Waals surface area (Å²) >= 11 is 0. The minimum Gasteiger partial charge on any atom is -0.546 e. The molecule has 8 nitrogen and oxygen atoms in total. The van der Waals surface area contributed by atoms with Crippen molar-refractivity contribution in [3.8, 4) is 11.5 Å². The predicted molar refractivity (Wildman–Crippen MR) is 94.8 cm³/mol. The summed E-state index contributed by atoms with van der Waals surface area (Å²) in [6, 6.07) is 13.4. The van der Waals surface area contributed by atoms with Gasteiger partial charge in [0.2, 0.25) is 0 Å². The Morgan fingerprint density at radius 3 is 2.70 bits per heavy atom. The van der Waals surface area contributed by atoms with Gasteiger partial charge in [-0.15, -0.1) is 0 Å². The topological polar surface area (TPSA) is 113 Å². The van der Waals surface area contributed by atoms with E-state index < -0.39 is 18.5 Å². The number of furan rings is 1. The number of rotatable bonds is 7. The molecule has 0 saturated heterocycles. The maximum atomic E-state index is 12.2. The number of para-hydroxylation sites is 1. The van der Waals surface area contributed by atoms with Crippen LogP contribution in [0.4, 0.5) is 0 Å². The molecule has 138 valence electrons. The van der Waals surface area contributed by atoms with Crippen molar-refractivity contribution in [2.24, 2.45) is 5.10 Å². The lowest BCUT2D eigenvalue weighted by Crippen LogP contribution is -2.28. The standard InChI is InChI=1S/C19H16N2O6/c1-25-15-4-2-3-13-9-16(27-18(13)15)19(24)21-20-10-12-5-7-14(8-6-12)26-11-17(22)23/h2-10H,11H2,1H3,(H,21,24)(H,22,23)/p-1/b20-10-. The molecule has 27 heavy (non-hydrogen) atoms. The molecule has 3 aromatic rings. The van der Waals surface area contributed by atoms with E-state index in [9.17, 15) is 14.7 Å². The van der Waals surface area contributed by atoms with Gasteiger partial charge in [-0.3, -0.25) is 4.79 Å². The number of fused-ring (bicyclic) bond motifs is 1. The summed E-state index contributed by atoms with van der Waals surface area (Å²) in [5, 5.41) is 15.0. The van der Waals surface area contributed by atoms with Gasteiger partial charge in [0.15, 0.2) is 17.1 Å². The third-order valence-corrected chi connectivity index (χ3v) is 3.57. The number of carbonyl (C=O) groups is 2. The summed E-state index contributed by atoms with van der Waals surface area (Å²) in [6.45, 7) is -0.522. The second-order valence-corrected chi connectivity index (χ2v) is 5.42. The van der Waals surface area contributed by atoms with Gasteiger partial charge in [-0.1, -0.05) is 12.1 Å². The molecular formula is C19H15N2O6-. The molecular weight excluding hydrogens is 352 g/mol. The van der Waals surface area contributed by atoms with E-state index in [1.54, 1.807) is 42.5 Å². The van der Waals surface area contributed by atoms with Crippen molar-refractivity contribution >= 4 is 29.1 Å². The minimum atomic E-state index is -1.30. The van der Waals surface area contributed by atoms with Crippen LogP contribution >= 0.6 is 0 Å². The van der Waals surface area contributed by atoms with Gasteiger partial charge < -0.3 is 23.8 Å². The fourth-order valence-electron chi connectivity index (χ4n) is 2.32. The molecule has 0 aliphatic rings. The summed E-state index contributed by atoms with van der Waals surface area (Å²) < 4.78 is 15.7. The number of nitrogens with zero attached hydrogens (tertiary/aromatic N) is 1. The van der Waals surface area contributed by atoms with E-state index in [4.69, 9.17) is 13.9 Å². The van der Waals surface area contributed by atoms with Crippen LogP contribution in [0.5, 0.6) is 11.5 Å². The quantitative estimate of drug-likeness (QED) is 0.498. The first-order valence-electron chi connectivity index (χ1n) is 7.89. The molecule has 0 atom stereocenters. The highest BCUT2D eigenvalue weighted by atomic mass is 16.5. The zero-order chi connectivity index (χ0) is 19.2. The van der Waals surface area contributed by atoms with Crippen molar-refractivity contribution in [1.29, 1.82) is 0 Å². The number of ether oxygens (including phenoxy) is 2. The number of hydrogen-bond acceptors (Lipinski definition) is 7. The smallest absolute Gasteiger partial charge is 0.307 e. The van der Waals surface area contributed by atoms with Gasteiger partial charge in [0, 0.05) is 5.39 Å². The number of carboxylic acids is 1. The van der Waals surface area contributed by atoms with Crippen LogP contribution in [-0.4, -0.2) is 31.8 Å². The van der Waals surface area contributed by atoms with E-state index in [1.807, 2.05) is 6.07 Å². The highest BCUT2D eigenvalue weighted by Crippen LogP contribution is 2.28. The number of carbonyl (C=O) groups excluding carboxylic acids is 2. The third-order valence-electron chi connectivity index (χ3n) is 3.57. The number of carboxylic acid groups (broad SMARTS) is 1. The van der Waals surface area contributed by atoms with Gasteiger partial charge in [0.1, 0.15) is 12.4 Å². The molecule has 0 unspecified atom stereocenters. The Balaban J connectivity index is 1.62. The number of hydrogen-bond donors (Lipinski definition) is 1. The first-order chi connectivity index (χ1) is 13.1. The van der Waals surface area contributed by atoms with Crippen molar-refractivity contribution in [2.75, 3.05) is 13.7 Å². The molecule has 0 bridgehead atoms. The average Bonchev–Trinajstić information content (AvgIpc) is 3.11. The fourth-order valence-corrected chi connectivity index (χ4v) is 2.32. The van der Waals surface area contributed by atoms with E-state index in [1.165, 1.54) is 13.3 Å². The number of nitrogens with one attached hydrogen (secondary N) is 1. The molecule has 0 aliphatic heterocycles. The zero-order valence-electron chi connectivity index (χ0n) is 14.3. The SMILES string of the molecule is COc1cccc2cc(C(=O)N/N=C\c3ccc(OCC(=O)[O-])cc3)oc12. The summed E-state index contributed by atoms with van der Waals surface area (Å²) in [6.07, 6.45) is 1.43. The lowest BCUT2D eigenvalue weighted by molar-refractivity contribution is -0.307. The van der Waals surface area contributed by atoms with E-state index in [0.717, 1.165) is 5.39 Å². The minimum absolute atomic E-state index is 0.109. The van der Waals surface area contributed by atoms with E-state index in [-0.39, 0.29) is 5.76 Å². The molecule has 2 aromatic carbocycles. The summed E-state index contributed by atoms with van der Waals surface area (Å²) in [5.41, 5.74) is 3.55. The van der Waals surface area contributed by atoms with Crippen LogP contribution in [0.1, 0.15) is 16.1 Å².